The molecule has 0 amide bonds. The minimum atomic E-state index is -0.727. The summed E-state index contributed by atoms with van der Waals surface area (Å²) in [6.07, 6.45) is 0. The molecule has 0 bridgehead atoms. The van der Waals surface area contributed by atoms with Crippen molar-refractivity contribution in [2.24, 2.45) is 0 Å². The minimum absolute atomic E-state index is 0.727. The molecule has 2 aliphatic rings. The SMILES string of the molecule is c1ccc(N(c2ccc3sc4ccccc4c3c2)c2cccc3c2C2(c4ccccc4-3)c3c(cccc3N(c3ccccc3)c3ccc4oc5ccccc5c4c3)-c3sc4ccccc4c32)cc1. The van der Waals surface area contributed by atoms with E-state index in [4.69, 9.17) is 4.42 Å². The van der Waals surface area contributed by atoms with Crippen LogP contribution in [0.5, 0.6) is 0 Å². The van der Waals surface area contributed by atoms with Crippen LogP contribution in [0, 0.1) is 0 Å². The molecule has 0 saturated heterocycles. The highest BCUT2D eigenvalue weighted by atomic mass is 32.1. The van der Waals surface area contributed by atoms with Gasteiger partial charge in [-0.3, -0.25) is 0 Å². The zero-order chi connectivity index (χ0) is 44.5. The first kappa shape index (κ1) is 37.9. The van der Waals surface area contributed by atoms with Gasteiger partial charge < -0.3 is 14.2 Å². The molecule has 3 nitrogen and oxygen atoms in total. The first-order chi connectivity index (χ1) is 33.7. The van der Waals surface area contributed by atoms with Gasteiger partial charge in [-0.15, -0.1) is 22.7 Å². The number of furan rings is 1. The molecule has 5 heteroatoms. The van der Waals surface area contributed by atoms with Gasteiger partial charge in [0, 0.05) is 74.4 Å². The number of benzene rings is 10. The number of para-hydroxylation sites is 3. The molecule has 0 fully saturated rings. The van der Waals surface area contributed by atoms with Crippen molar-refractivity contribution >= 4 is 109 Å². The fourth-order valence-corrected chi connectivity index (χ4v) is 14.2. The maximum atomic E-state index is 6.43. The Morgan fingerprint density at radius 1 is 0.324 bits per heavy atom. The second-order valence-electron chi connectivity index (χ2n) is 17.9. The van der Waals surface area contributed by atoms with Crippen LogP contribution in [0.1, 0.15) is 22.3 Å². The summed E-state index contributed by atoms with van der Waals surface area (Å²) in [5, 5.41) is 6.06. The Labute approximate surface area is 400 Å². The molecule has 0 N–H and O–H groups in total. The molecule has 68 heavy (non-hydrogen) atoms. The molecule has 10 aromatic carbocycles. The Balaban J connectivity index is 1.08. The summed E-state index contributed by atoms with van der Waals surface area (Å²) < 4.78 is 10.3. The van der Waals surface area contributed by atoms with E-state index in [1.54, 1.807) is 0 Å². The van der Waals surface area contributed by atoms with E-state index in [-0.39, 0.29) is 0 Å². The summed E-state index contributed by atoms with van der Waals surface area (Å²) in [7, 11) is 0. The molecule has 1 unspecified atom stereocenters. The minimum Gasteiger partial charge on any atom is -0.456 e. The largest absolute Gasteiger partial charge is 0.456 e. The van der Waals surface area contributed by atoms with Gasteiger partial charge in [-0.25, -0.2) is 0 Å². The second-order valence-corrected chi connectivity index (χ2v) is 20.0. The van der Waals surface area contributed by atoms with Crippen molar-refractivity contribution in [1.82, 2.24) is 0 Å². The third-order valence-corrected chi connectivity index (χ3v) is 16.8. The van der Waals surface area contributed by atoms with Gasteiger partial charge in [0.2, 0.25) is 0 Å². The van der Waals surface area contributed by atoms with E-state index < -0.39 is 5.41 Å². The number of hydrogen-bond acceptors (Lipinski definition) is 5. The highest BCUT2D eigenvalue weighted by Gasteiger charge is 2.56. The smallest absolute Gasteiger partial charge is 0.135 e. The number of fused-ring (bicyclic) bond motifs is 18. The average molecular weight is 903 g/mol. The van der Waals surface area contributed by atoms with Crippen molar-refractivity contribution < 1.29 is 4.42 Å². The van der Waals surface area contributed by atoms with E-state index in [0.29, 0.717) is 0 Å². The van der Waals surface area contributed by atoms with E-state index in [2.05, 4.69) is 234 Å². The van der Waals surface area contributed by atoms with Gasteiger partial charge in [-0.2, -0.15) is 0 Å². The monoisotopic (exact) mass is 902 g/mol. The van der Waals surface area contributed by atoms with Gasteiger partial charge in [0.15, 0.2) is 0 Å². The maximum Gasteiger partial charge on any atom is 0.135 e. The number of nitrogens with zero attached hydrogens (tertiary/aromatic N) is 2. The molecule has 3 aromatic heterocycles. The lowest BCUT2D eigenvalue weighted by atomic mass is 9.68. The van der Waals surface area contributed by atoms with E-state index >= 15 is 0 Å². The Bertz CT molecular complexity index is 4180. The molecule has 13 aromatic rings. The van der Waals surface area contributed by atoms with E-state index in [1.165, 1.54) is 74.1 Å². The van der Waals surface area contributed by atoms with Crippen LogP contribution in [0.15, 0.2) is 235 Å². The molecule has 0 saturated carbocycles. The maximum absolute atomic E-state index is 6.43. The van der Waals surface area contributed by atoms with Crippen LogP contribution >= 0.6 is 22.7 Å². The summed E-state index contributed by atoms with van der Waals surface area (Å²) in [6.45, 7) is 0. The third-order valence-electron chi connectivity index (χ3n) is 14.4. The Morgan fingerprint density at radius 2 is 0.853 bits per heavy atom. The Hall–Kier alpha value is -8.22. The lowest BCUT2D eigenvalue weighted by Crippen LogP contribution is -2.30. The molecular formula is C63H38N2OS2. The lowest BCUT2D eigenvalue weighted by molar-refractivity contribution is 0.669. The van der Waals surface area contributed by atoms with Crippen LogP contribution in [0.3, 0.4) is 0 Å². The van der Waals surface area contributed by atoms with Crippen LogP contribution in [0.2, 0.25) is 0 Å². The molecule has 2 aliphatic carbocycles. The van der Waals surface area contributed by atoms with Crippen molar-refractivity contribution in [3.8, 4) is 21.6 Å². The van der Waals surface area contributed by atoms with Crippen molar-refractivity contribution in [2.45, 2.75) is 5.41 Å². The topological polar surface area (TPSA) is 19.6 Å². The van der Waals surface area contributed by atoms with Crippen molar-refractivity contribution in [2.75, 3.05) is 9.80 Å². The van der Waals surface area contributed by atoms with E-state index in [9.17, 15) is 0 Å². The Kier molecular flexibility index (Phi) is 8.03. The highest BCUT2D eigenvalue weighted by Crippen LogP contribution is 2.70. The summed E-state index contributed by atoms with van der Waals surface area (Å²) >= 11 is 3.78. The predicted octanol–water partition coefficient (Wildman–Crippen LogP) is 18.5. The van der Waals surface area contributed by atoms with E-state index in [1.807, 2.05) is 28.7 Å². The zero-order valence-corrected chi connectivity index (χ0v) is 38.2. The zero-order valence-electron chi connectivity index (χ0n) is 36.6. The average Bonchev–Trinajstić information content (AvgIpc) is 4.20. The quantitative estimate of drug-likeness (QED) is 0.166. The second kappa shape index (κ2) is 14.4. The van der Waals surface area contributed by atoms with Crippen LogP contribution in [0.25, 0.3) is 73.8 Å². The van der Waals surface area contributed by atoms with Crippen LogP contribution in [-0.4, -0.2) is 0 Å². The Morgan fingerprint density at radius 3 is 1.60 bits per heavy atom. The van der Waals surface area contributed by atoms with Gasteiger partial charge in [-0.1, -0.05) is 140 Å². The van der Waals surface area contributed by atoms with Crippen molar-refractivity contribution in [1.29, 1.82) is 0 Å². The lowest BCUT2D eigenvalue weighted by Gasteiger charge is -2.38. The van der Waals surface area contributed by atoms with Crippen LogP contribution < -0.4 is 9.80 Å². The molecule has 1 atom stereocenters. The summed E-state index contributed by atoms with van der Waals surface area (Å²) in [6, 6.07) is 85.2. The van der Waals surface area contributed by atoms with Gasteiger partial charge in [-0.05, 0) is 124 Å². The summed E-state index contributed by atoms with van der Waals surface area (Å²) in [5.41, 5.74) is 16.8. The summed E-state index contributed by atoms with van der Waals surface area (Å²) in [5.74, 6) is 0. The molecule has 0 aliphatic heterocycles. The number of anilines is 6. The third kappa shape index (κ3) is 5.17. The van der Waals surface area contributed by atoms with Crippen molar-refractivity contribution in [3.63, 3.8) is 0 Å². The number of thiophene rings is 2. The van der Waals surface area contributed by atoms with E-state index in [0.717, 1.165) is 56.1 Å². The van der Waals surface area contributed by atoms with Gasteiger partial charge >= 0.3 is 0 Å². The fraction of sp³-hybridized carbons (Fsp3) is 0.0159. The molecular weight excluding hydrogens is 865 g/mol. The van der Waals surface area contributed by atoms with Gasteiger partial charge in [0.25, 0.3) is 0 Å². The first-order valence-electron chi connectivity index (χ1n) is 23.2. The molecule has 0 radical (unpaired) electrons. The molecule has 318 valence electrons. The van der Waals surface area contributed by atoms with Gasteiger partial charge in [0.1, 0.15) is 11.2 Å². The van der Waals surface area contributed by atoms with Crippen molar-refractivity contribution in [3.05, 3.63) is 253 Å². The fourth-order valence-electron chi connectivity index (χ4n) is 11.8. The van der Waals surface area contributed by atoms with Crippen LogP contribution in [-0.2, 0) is 5.41 Å². The number of hydrogen-bond donors (Lipinski definition) is 0. The molecule has 15 rings (SSSR count). The molecule has 1 spiro atoms. The van der Waals surface area contributed by atoms with Crippen LogP contribution in [0.4, 0.5) is 34.1 Å². The highest BCUT2D eigenvalue weighted by molar-refractivity contribution is 7.25. The standard InChI is InChI=1S/C63H38N2OS2/c1-3-17-39(18-4-1)64(41-33-35-55-49(37-41)44-22-8-12-30-54(44)66-55)53-29-16-26-48-60(53)63(61-47-24-10-14-32-57(47)68-62(48)61)51-27-11-7-21-43(51)46-25-15-28-52(59(46)63)65(40-19-5-2-6-20-40)42-34-36-58-50(38-42)45-23-9-13-31-56(45)67-58/h1-38H. The molecule has 3 heterocycles. The predicted molar refractivity (Wildman–Crippen MR) is 288 cm³/mol. The van der Waals surface area contributed by atoms with Gasteiger partial charge in [0.05, 0.1) is 16.8 Å². The first-order valence-corrected chi connectivity index (χ1v) is 24.8. The number of rotatable bonds is 6. The summed E-state index contributed by atoms with van der Waals surface area (Å²) in [4.78, 5) is 6.34. The normalized spacial score (nSPS) is 14.5.